The highest BCUT2D eigenvalue weighted by Crippen LogP contribution is 2.25. The van der Waals surface area contributed by atoms with Gasteiger partial charge in [-0.2, -0.15) is 5.26 Å². The van der Waals surface area contributed by atoms with E-state index >= 15 is 0 Å². The van der Waals surface area contributed by atoms with E-state index in [-0.39, 0.29) is 5.69 Å². The molecule has 0 aliphatic heterocycles. The molecule has 0 radical (unpaired) electrons. The predicted molar refractivity (Wildman–Crippen MR) is 82.2 cm³/mol. The number of nitrogens with zero attached hydrogens (tertiary/aromatic N) is 3. The molecule has 0 aliphatic rings. The number of aromatic nitrogens is 3. The highest BCUT2D eigenvalue weighted by molar-refractivity contribution is 5.95. The van der Waals surface area contributed by atoms with Crippen molar-refractivity contribution in [2.45, 2.75) is 0 Å². The molecular formula is C16H10FN5O. The summed E-state index contributed by atoms with van der Waals surface area (Å²) in [6.07, 6.45) is 7.50. The average Bonchev–Trinajstić information content (AvgIpc) is 2.95. The van der Waals surface area contributed by atoms with Crippen LogP contribution in [0.25, 0.3) is 28.2 Å². The first-order chi connectivity index (χ1) is 11.1. The van der Waals surface area contributed by atoms with Gasteiger partial charge >= 0.3 is 0 Å². The van der Waals surface area contributed by atoms with Crippen LogP contribution in [-0.2, 0) is 4.79 Å². The lowest BCUT2D eigenvalue weighted by atomic mass is 10.1. The molecule has 0 saturated heterocycles. The van der Waals surface area contributed by atoms with Gasteiger partial charge in [-0.1, -0.05) is 0 Å². The van der Waals surface area contributed by atoms with Crippen molar-refractivity contribution in [3.8, 4) is 17.2 Å². The van der Waals surface area contributed by atoms with Crippen molar-refractivity contribution >= 4 is 23.0 Å². The normalized spacial score (nSPS) is 11.0. The largest absolute Gasteiger partial charge is 0.366 e. The third-order valence-electron chi connectivity index (χ3n) is 3.27. The SMILES string of the molecule is N#Cc1ncc(-c2cnc3[nH]cc(C=CC(N)=O)c3c2)cc1F. The molecule has 0 bridgehead atoms. The molecule has 3 aromatic heterocycles. The maximum atomic E-state index is 13.7. The van der Waals surface area contributed by atoms with Gasteiger partial charge < -0.3 is 10.7 Å². The Morgan fingerprint density at radius 2 is 2.04 bits per heavy atom. The molecule has 0 aliphatic carbocycles. The second-order valence-electron chi connectivity index (χ2n) is 4.77. The quantitative estimate of drug-likeness (QED) is 0.722. The summed E-state index contributed by atoms with van der Waals surface area (Å²) in [5.74, 6) is -1.24. The number of halogens is 1. The number of nitrogens with one attached hydrogen (secondary N) is 1. The topological polar surface area (TPSA) is 108 Å². The number of H-pyrrole nitrogens is 1. The van der Waals surface area contributed by atoms with Crippen molar-refractivity contribution < 1.29 is 9.18 Å². The van der Waals surface area contributed by atoms with Crippen LogP contribution in [-0.4, -0.2) is 20.9 Å². The summed E-state index contributed by atoms with van der Waals surface area (Å²) in [4.78, 5) is 21.9. The monoisotopic (exact) mass is 307 g/mol. The van der Waals surface area contributed by atoms with Crippen LogP contribution >= 0.6 is 0 Å². The fourth-order valence-corrected chi connectivity index (χ4v) is 2.17. The van der Waals surface area contributed by atoms with Gasteiger partial charge in [-0.3, -0.25) is 4.79 Å². The number of aromatic amines is 1. The molecule has 0 aromatic carbocycles. The Hall–Kier alpha value is -3.53. The number of carbonyl (C=O) groups is 1. The van der Waals surface area contributed by atoms with Crippen molar-refractivity contribution in [1.82, 2.24) is 15.0 Å². The minimum absolute atomic E-state index is 0.255. The van der Waals surface area contributed by atoms with Crippen molar-refractivity contribution in [2.24, 2.45) is 5.73 Å². The molecule has 1 amide bonds. The van der Waals surface area contributed by atoms with Crippen LogP contribution < -0.4 is 5.73 Å². The van der Waals surface area contributed by atoms with Gasteiger partial charge in [0.15, 0.2) is 11.5 Å². The molecule has 3 aromatic rings. The third kappa shape index (κ3) is 2.78. The van der Waals surface area contributed by atoms with Gasteiger partial charge in [-0.25, -0.2) is 14.4 Å². The Labute approximate surface area is 130 Å². The molecule has 3 heterocycles. The number of fused-ring (bicyclic) bond motifs is 1. The molecule has 0 fully saturated rings. The summed E-state index contributed by atoms with van der Waals surface area (Å²) in [6.45, 7) is 0. The number of hydrogen-bond donors (Lipinski definition) is 2. The fraction of sp³-hybridized carbons (Fsp3) is 0. The van der Waals surface area contributed by atoms with E-state index in [0.29, 0.717) is 16.8 Å². The van der Waals surface area contributed by atoms with Gasteiger partial charge in [0.2, 0.25) is 5.91 Å². The van der Waals surface area contributed by atoms with Gasteiger partial charge in [0, 0.05) is 46.7 Å². The van der Waals surface area contributed by atoms with E-state index in [1.54, 1.807) is 30.6 Å². The summed E-state index contributed by atoms with van der Waals surface area (Å²) in [5, 5.41) is 9.47. The molecule has 3 N–H and O–H groups in total. The van der Waals surface area contributed by atoms with Gasteiger partial charge in [0.25, 0.3) is 0 Å². The number of amides is 1. The molecule has 0 saturated carbocycles. The Bertz CT molecular complexity index is 984. The number of primary amides is 1. The minimum atomic E-state index is -0.687. The third-order valence-corrected chi connectivity index (χ3v) is 3.27. The van der Waals surface area contributed by atoms with Gasteiger partial charge in [-0.15, -0.1) is 0 Å². The molecule has 112 valence electrons. The van der Waals surface area contributed by atoms with E-state index in [4.69, 9.17) is 11.0 Å². The maximum absolute atomic E-state index is 13.7. The summed E-state index contributed by atoms with van der Waals surface area (Å²) in [5.41, 5.74) is 7.33. The van der Waals surface area contributed by atoms with Crippen LogP contribution in [0.3, 0.4) is 0 Å². The Morgan fingerprint density at radius 3 is 2.74 bits per heavy atom. The van der Waals surface area contributed by atoms with Crippen LogP contribution in [0.2, 0.25) is 0 Å². The lowest BCUT2D eigenvalue weighted by Crippen LogP contribution is -2.04. The van der Waals surface area contributed by atoms with E-state index < -0.39 is 11.7 Å². The van der Waals surface area contributed by atoms with Crippen LogP contribution in [0.1, 0.15) is 11.3 Å². The van der Waals surface area contributed by atoms with Crippen LogP contribution in [0.5, 0.6) is 0 Å². The number of carbonyl (C=O) groups excluding carboxylic acids is 1. The second kappa shape index (κ2) is 5.69. The molecule has 7 heteroatoms. The molecule has 0 spiro atoms. The molecule has 0 unspecified atom stereocenters. The van der Waals surface area contributed by atoms with Crippen LogP contribution in [0.15, 0.2) is 36.8 Å². The maximum Gasteiger partial charge on any atom is 0.241 e. The van der Waals surface area contributed by atoms with Gasteiger partial charge in [0.1, 0.15) is 11.7 Å². The van der Waals surface area contributed by atoms with E-state index in [1.165, 1.54) is 18.3 Å². The summed E-state index contributed by atoms with van der Waals surface area (Å²) in [7, 11) is 0. The molecule has 6 nitrogen and oxygen atoms in total. The lowest BCUT2D eigenvalue weighted by molar-refractivity contribution is -0.113. The highest BCUT2D eigenvalue weighted by atomic mass is 19.1. The van der Waals surface area contributed by atoms with Crippen molar-refractivity contribution in [2.75, 3.05) is 0 Å². The molecule has 0 atom stereocenters. The van der Waals surface area contributed by atoms with E-state index in [9.17, 15) is 9.18 Å². The fourth-order valence-electron chi connectivity index (χ4n) is 2.17. The molecule has 23 heavy (non-hydrogen) atoms. The van der Waals surface area contributed by atoms with E-state index in [2.05, 4.69) is 15.0 Å². The number of nitrogens with two attached hydrogens (primary N) is 1. The number of rotatable bonds is 3. The average molecular weight is 307 g/mol. The first kappa shape index (κ1) is 14.4. The van der Waals surface area contributed by atoms with Gasteiger partial charge in [-0.05, 0) is 18.2 Å². The zero-order chi connectivity index (χ0) is 16.4. The van der Waals surface area contributed by atoms with Gasteiger partial charge in [0.05, 0.1) is 0 Å². The molecular weight excluding hydrogens is 297 g/mol. The smallest absolute Gasteiger partial charge is 0.241 e. The Balaban J connectivity index is 2.09. The minimum Gasteiger partial charge on any atom is -0.366 e. The van der Waals surface area contributed by atoms with Crippen LogP contribution in [0.4, 0.5) is 4.39 Å². The van der Waals surface area contributed by atoms with E-state index in [1.807, 2.05) is 0 Å². The number of nitriles is 1. The highest BCUT2D eigenvalue weighted by Gasteiger charge is 2.09. The lowest BCUT2D eigenvalue weighted by Gasteiger charge is -2.02. The predicted octanol–water partition coefficient (Wildman–Crippen LogP) is 2.13. The number of hydrogen-bond acceptors (Lipinski definition) is 4. The Morgan fingerprint density at radius 1 is 1.30 bits per heavy atom. The zero-order valence-corrected chi connectivity index (χ0v) is 11.7. The first-order valence-corrected chi connectivity index (χ1v) is 6.59. The zero-order valence-electron chi connectivity index (χ0n) is 11.7. The van der Waals surface area contributed by atoms with E-state index in [0.717, 1.165) is 10.9 Å². The van der Waals surface area contributed by atoms with Crippen molar-refractivity contribution in [1.29, 1.82) is 5.26 Å². The number of pyridine rings is 2. The summed E-state index contributed by atoms with van der Waals surface area (Å²) < 4.78 is 13.7. The Kier molecular flexibility index (Phi) is 3.57. The van der Waals surface area contributed by atoms with Crippen molar-refractivity contribution in [3.05, 3.63) is 53.9 Å². The second-order valence-corrected chi connectivity index (χ2v) is 4.77. The standard InChI is InChI=1S/C16H10FN5O/c17-13-4-11(7-20-14(13)5-18)10-3-12-9(1-2-15(19)23)6-21-16(12)22-8-10/h1-4,6-8H,(H2,19,23)(H,21,22). The van der Waals surface area contributed by atoms with Crippen molar-refractivity contribution in [3.63, 3.8) is 0 Å². The first-order valence-electron chi connectivity index (χ1n) is 6.59. The molecule has 3 rings (SSSR count). The van der Waals surface area contributed by atoms with Crippen LogP contribution in [0, 0.1) is 17.1 Å². The summed E-state index contributed by atoms with van der Waals surface area (Å²) in [6, 6.07) is 4.71. The summed E-state index contributed by atoms with van der Waals surface area (Å²) >= 11 is 0.